The van der Waals surface area contributed by atoms with E-state index in [0.29, 0.717) is 0 Å². The first-order chi connectivity index (χ1) is 7.71. The van der Waals surface area contributed by atoms with E-state index in [0.717, 1.165) is 12.1 Å². The summed E-state index contributed by atoms with van der Waals surface area (Å²) in [5.41, 5.74) is -0.600. The molecule has 0 saturated carbocycles. The summed E-state index contributed by atoms with van der Waals surface area (Å²) in [5.74, 6) is -0.394. The normalized spacial score (nSPS) is 11.7. The molecule has 0 atom stereocenters. The number of amides is 1. The molecule has 0 spiro atoms. The van der Waals surface area contributed by atoms with E-state index in [2.05, 4.69) is 21.2 Å². The third kappa shape index (κ3) is 3.73. The molecule has 0 fully saturated rings. The molecule has 0 heterocycles. The van der Waals surface area contributed by atoms with Crippen LogP contribution in [0.3, 0.4) is 0 Å². The Labute approximate surface area is 105 Å². The fraction of sp³-hybridized carbons (Fsp3) is 0.364. The second kappa shape index (κ2) is 5.08. The average Bonchev–Trinajstić information content (AvgIpc) is 2.14. The number of carbonyl (C=O) groups is 1. The van der Waals surface area contributed by atoms with Crippen LogP contribution < -0.4 is 5.32 Å². The van der Waals surface area contributed by atoms with E-state index >= 15 is 0 Å². The maximum atomic E-state index is 12.5. The van der Waals surface area contributed by atoms with Gasteiger partial charge in [-0.25, -0.2) is 0 Å². The van der Waals surface area contributed by atoms with E-state index in [1.807, 2.05) is 0 Å². The third-order valence-electron chi connectivity index (χ3n) is 1.96. The van der Waals surface area contributed by atoms with Crippen LogP contribution in [0.4, 0.5) is 13.2 Å². The number of nitrogens with one attached hydrogen (secondary N) is 1. The van der Waals surface area contributed by atoms with Crippen LogP contribution in [-0.4, -0.2) is 11.9 Å². The Morgan fingerprint density at radius 3 is 2.35 bits per heavy atom. The number of halogens is 4. The Balaban J connectivity index is 3.01. The zero-order chi connectivity index (χ0) is 13.2. The van der Waals surface area contributed by atoms with Crippen molar-refractivity contribution in [1.82, 2.24) is 5.32 Å². The zero-order valence-electron chi connectivity index (χ0n) is 9.23. The summed E-state index contributed by atoms with van der Waals surface area (Å²) in [7, 11) is 0. The fourth-order valence-corrected chi connectivity index (χ4v) is 1.84. The summed E-state index contributed by atoms with van der Waals surface area (Å²) in [6, 6.07) is 3.15. The van der Waals surface area contributed by atoms with Crippen molar-refractivity contribution in [3.05, 3.63) is 33.8 Å². The molecule has 0 unspecified atom stereocenters. The molecular formula is C11H11BrF3NO. The van der Waals surface area contributed by atoms with Crippen LogP contribution in [-0.2, 0) is 6.18 Å². The van der Waals surface area contributed by atoms with Crippen LogP contribution in [0, 0.1) is 0 Å². The predicted molar refractivity (Wildman–Crippen MR) is 61.7 cm³/mol. The number of alkyl halides is 3. The standard InChI is InChI=1S/C11H11BrF3NO/c1-6(2)16-10(17)7-3-4-8(9(12)5-7)11(13,14)15/h3-6H,1-2H3,(H,16,17). The Kier molecular flexibility index (Phi) is 4.19. The highest BCUT2D eigenvalue weighted by atomic mass is 79.9. The Morgan fingerprint density at radius 2 is 1.94 bits per heavy atom. The first kappa shape index (κ1) is 14.0. The van der Waals surface area contributed by atoms with Crippen LogP contribution in [0.15, 0.2) is 22.7 Å². The second-order valence-electron chi connectivity index (χ2n) is 3.82. The molecule has 0 aromatic heterocycles. The minimum Gasteiger partial charge on any atom is -0.350 e. The first-order valence-electron chi connectivity index (χ1n) is 4.89. The molecule has 1 aromatic rings. The highest BCUT2D eigenvalue weighted by Crippen LogP contribution is 2.35. The summed E-state index contributed by atoms with van der Waals surface area (Å²) in [5, 5.41) is 2.60. The molecule has 94 valence electrons. The van der Waals surface area contributed by atoms with Crippen LogP contribution in [0.25, 0.3) is 0 Å². The lowest BCUT2D eigenvalue weighted by Crippen LogP contribution is -2.30. The van der Waals surface area contributed by atoms with Gasteiger partial charge in [0.25, 0.3) is 5.91 Å². The van der Waals surface area contributed by atoms with Gasteiger partial charge in [-0.05, 0) is 32.0 Å². The average molecular weight is 310 g/mol. The fourth-order valence-electron chi connectivity index (χ4n) is 1.23. The van der Waals surface area contributed by atoms with Crippen molar-refractivity contribution in [2.24, 2.45) is 0 Å². The van der Waals surface area contributed by atoms with E-state index in [9.17, 15) is 18.0 Å². The van der Waals surface area contributed by atoms with Gasteiger partial charge in [0.15, 0.2) is 0 Å². The molecule has 2 nitrogen and oxygen atoms in total. The highest BCUT2D eigenvalue weighted by Gasteiger charge is 2.33. The van der Waals surface area contributed by atoms with Crippen LogP contribution in [0.2, 0.25) is 0 Å². The maximum Gasteiger partial charge on any atom is 0.417 e. The van der Waals surface area contributed by atoms with Gasteiger partial charge in [0, 0.05) is 16.1 Å². The molecule has 0 aliphatic carbocycles. The predicted octanol–water partition coefficient (Wildman–Crippen LogP) is 3.61. The molecule has 1 amide bonds. The van der Waals surface area contributed by atoms with Gasteiger partial charge < -0.3 is 5.32 Å². The molecule has 1 aromatic carbocycles. The maximum absolute atomic E-state index is 12.5. The molecule has 0 aliphatic rings. The number of benzene rings is 1. The second-order valence-corrected chi connectivity index (χ2v) is 4.67. The summed E-state index contributed by atoms with van der Waals surface area (Å²) in [6.45, 7) is 3.55. The first-order valence-corrected chi connectivity index (χ1v) is 5.68. The van der Waals surface area contributed by atoms with Crippen molar-refractivity contribution in [1.29, 1.82) is 0 Å². The van der Waals surface area contributed by atoms with Crippen molar-refractivity contribution in [3.8, 4) is 0 Å². The molecule has 1 rings (SSSR count). The summed E-state index contributed by atoms with van der Waals surface area (Å²) >= 11 is 2.82. The Bertz CT molecular complexity index is 429. The number of rotatable bonds is 2. The van der Waals surface area contributed by atoms with Gasteiger partial charge in [-0.3, -0.25) is 4.79 Å². The summed E-state index contributed by atoms with van der Waals surface area (Å²) in [6.07, 6.45) is -4.42. The van der Waals surface area contributed by atoms with Crippen molar-refractivity contribution in [2.45, 2.75) is 26.1 Å². The topological polar surface area (TPSA) is 29.1 Å². The molecule has 0 aliphatic heterocycles. The van der Waals surface area contributed by atoms with Gasteiger partial charge in [-0.1, -0.05) is 15.9 Å². The lowest BCUT2D eigenvalue weighted by molar-refractivity contribution is -0.138. The van der Waals surface area contributed by atoms with Crippen LogP contribution >= 0.6 is 15.9 Å². The van der Waals surface area contributed by atoms with Gasteiger partial charge in [-0.2, -0.15) is 13.2 Å². The van der Waals surface area contributed by atoms with Crippen LogP contribution in [0.5, 0.6) is 0 Å². The lowest BCUT2D eigenvalue weighted by atomic mass is 10.1. The van der Waals surface area contributed by atoms with Crippen molar-refractivity contribution >= 4 is 21.8 Å². The van der Waals surface area contributed by atoms with Gasteiger partial charge in [0.1, 0.15) is 0 Å². The van der Waals surface area contributed by atoms with Gasteiger partial charge in [-0.15, -0.1) is 0 Å². The number of hydrogen-bond acceptors (Lipinski definition) is 1. The lowest BCUT2D eigenvalue weighted by Gasteiger charge is -2.12. The van der Waals surface area contributed by atoms with E-state index < -0.39 is 17.6 Å². The summed E-state index contributed by atoms with van der Waals surface area (Å²) < 4.78 is 37.2. The molecular weight excluding hydrogens is 299 g/mol. The van der Waals surface area contributed by atoms with Crippen molar-refractivity contribution < 1.29 is 18.0 Å². The minimum absolute atomic E-state index is 0.0661. The van der Waals surface area contributed by atoms with Gasteiger partial charge >= 0.3 is 6.18 Å². The SMILES string of the molecule is CC(C)NC(=O)c1ccc(C(F)(F)F)c(Br)c1. The zero-order valence-corrected chi connectivity index (χ0v) is 10.8. The molecule has 0 saturated heterocycles. The third-order valence-corrected chi connectivity index (χ3v) is 2.61. The monoisotopic (exact) mass is 309 g/mol. The summed E-state index contributed by atoms with van der Waals surface area (Å²) in [4.78, 5) is 11.6. The molecule has 0 radical (unpaired) electrons. The highest BCUT2D eigenvalue weighted by molar-refractivity contribution is 9.10. The van der Waals surface area contributed by atoms with Crippen molar-refractivity contribution in [3.63, 3.8) is 0 Å². The molecule has 1 N–H and O–H groups in total. The smallest absolute Gasteiger partial charge is 0.350 e. The van der Waals surface area contributed by atoms with Crippen molar-refractivity contribution in [2.75, 3.05) is 0 Å². The molecule has 6 heteroatoms. The Hall–Kier alpha value is -1.04. The van der Waals surface area contributed by atoms with Gasteiger partial charge in [0.2, 0.25) is 0 Å². The van der Waals surface area contributed by atoms with E-state index in [1.165, 1.54) is 6.07 Å². The number of hydrogen-bond donors (Lipinski definition) is 1. The van der Waals surface area contributed by atoms with Gasteiger partial charge in [0.05, 0.1) is 5.56 Å². The number of carbonyl (C=O) groups excluding carboxylic acids is 1. The van der Waals surface area contributed by atoms with Crippen LogP contribution in [0.1, 0.15) is 29.8 Å². The largest absolute Gasteiger partial charge is 0.417 e. The van der Waals surface area contributed by atoms with E-state index in [-0.39, 0.29) is 16.1 Å². The molecule has 17 heavy (non-hydrogen) atoms. The quantitative estimate of drug-likeness (QED) is 0.888. The molecule has 0 bridgehead atoms. The minimum atomic E-state index is -4.42. The van der Waals surface area contributed by atoms with E-state index in [1.54, 1.807) is 13.8 Å². The Morgan fingerprint density at radius 1 is 1.35 bits per heavy atom. The van der Waals surface area contributed by atoms with E-state index in [4.69, 9.17) is 0 Å².